The largest absolute Gasteiger partial charge is 0.352 e. The number of carbonyl (C=O) groups is 2. The fraction of sp³-hybridized carbons (Fsp3) is 0.212. The van der Waals surface area contributed by atoms with Crippen LogP contribution in [0.2, 0.25) is 5.02 Å². The summed E-state index contributed by atoms with van der Waals surface area (Å²) in [6.45, 7) is 3.25. The van der Waals surface area contributed by atoms with Gasteiger partial charge in [0.25, 0.3) is 10.0 Å². The predicted octanol–water partition coefficient (Wildman–Crippen LogP) is 6.46. The van der Waals surface area contributed by atoms with Crippen molar-refractivity contribution >= 4 is 55.1 Å². The molecule has 4 rings (SSSR count). The molecule has 2 amide bonds. The number of anilines is 1. The van der Waals surface area contributed by atoms with Crippen molar-refractivity contribution in [2.45, 2.75) is 43.8 Å². The summed E-state index contributed by atoms with van der Waals surface area (Å²) in [6.07, 6.45) is 0.240. The number of nitrogens with one attached hydrogen (secondary N) is 1. The van der Waals surface area contributed by atoms with Gasteiger partial charge in [0.2, 0.25) is 11.8 Å². The Balaban J connectivity index is 1.80. The van der Waals surface area contributed by atoms with Crippen molar-refractivity contribution in [3.63, 3.8) is 0 Å². The third kappa shape index (κ3) is 8.69. The molecule has 7 nitrogen and oxygen atoms in total. The van der Waals surface area contributed by atoms with E-state index in [0.29, 0.717) is 5.02 Å². The normalized spacial score (nSPS) is 12.0. The smallest absolute Gasteiger partial charge is 0.264 e. The van der Waals surface area contributed by atoms with Crippen molar-refractivity contribution in [1.29, 1.82) is 0 Å². The first-order valence-corrected chi connectivity index (χ1v) is 16.4. The lowest BCUT2D eigenvalue weighted by Gasteiger charge is -2.34. The van der Waals surface area contributed by atoms with Gasteiger partial charge in [-0.1, -0.05) is 94.3 Å². The number of amides is 2. The van der Waals surface area contributed by atoms with Crippen LogP contribution in [0.4, 0.5) is 5.69 Å². The van der Waals surface area contributed by atoms with Crippen LogP contribution < -0.4 is 9.62 Å². The first-order chi connectivity index (χ1) is 20.5. The van der Waals surface area contributed by atoms with Crippen LogP contribution >= 0.6 is 27.5 Å². The lowest BCUT2D eigenvalue weighted by Crippen LogP contribution is -2.54. The van der Waals surface area contributed by atoms with Crippen molar-refractivity contribution in [2.75, 3.05) is 10.8 Å². The molecule has 0 heterocycles. The third-order valence-corrected chi connectivity index (χ3v) is 9.23. The van der Waals surface area contributed by atoms with E-state index >= 15 is 0 Å². The van der Waals surface area contributed by atoms with Crippen molar-refractivity contribution in [3.05, 3.63) is 130 Å². The first kappa shape index (κ1) is 32.3. The molecule has 1 N–H and O–H groups in total. The van der Waals surface area contributed by atoms with E-state index in [-0.39, 0.29) is 35.5 Å². The van der Waals surface area contributed by atoms with Crippen LogP contribution in [0.5, 0.6) is 0 Å². The highest BCUT2D eigenvalue weighted by Gasteiger charge is 2.34. The van der Waals surface area contributed by atoms with Crippen molar-refractivity contribution < 1.29 is 18.0 Å². The van der Waals surface area contributed by atoms with Crippen molar-refractivity contribution in [1.82, 2.24) is 10.2 Å². The molecule has 0 saturated heterocycles. The van der Waals surface area contributed by atoms with Crippen LogP contribution in [-0.4, -0.2) is 43.8 Å². The Morgan fingerprint density at radius 1 is 0.837 bits per heavy atom. The number of carbonyl (C=O) groups excluding carboxylic acids is 2. The number of benzene rings is 4. The Hall–Kier alpha value is -3.66. The van der Waals surface area contributed by atoms with Crippen molar-refractivity contribution in [2.24, 2.45) is 0 Å². The van der Waals surface area contributed by atoms with E-state index in [1.807, 2.05) is 68.4 Å². The number of sulfonamides is 1. The minimum absolute atomic E-state index is 0.0284. The van der Waals surface area contributed by atoms with Gasteiger partial charge in [-0.25, -0.2) is 8.42 Å². The number of hydrogen-bond acceptors (Lipinski definition) is 4. The quantitative estimate of drug-likeness (QED) is 0.186. The molecule has 4 aromatic carbocycles. The van der Waals surface area contributed by atoms with Crippen LogP contribution in [-0.2, 0) is 32.6 Å². The second kappa shape index (κ2) is 14.7. The summed E-state index contributed by atoms with van der Waals surface area (Å²) in [6, 6.07) is 30.1. The SMILES string of the molecule is CC(C)NC(=O)[C@H](Cc1ccccc1)N(Cc1ccc(Br)cc1)C(=O)CN(c1cccc(Cl)c1)S(=O)(=O)c1ccccc1. The standard InChI is InChI=1S/C33H33BrClN3O4S/c1-24(2)36-33(40)31(20-25-10-5-3-6-11-25)37(22-26-16-18-27(34)19-17-26)32(39)23-38(29-13-9-12-28(35)21-29)43(41,42)30-14-7-4-8-15-30/h3-19,21,24,31H,20,22-23H2,1-2H3,(H,36,40)/t31-/m0/s1. The Morgan fingerprint density at radius 3 is 2.07 bits per heavy atom. The highest BCUT2D eigenvalue weighted by molar-refractivity contribution is 9.10. The number of hydrogen-bond donors (Lipinski definition) is 1. The zero-order valence-corrected chi connectivity index (χ0v) is 27.0. The lowest BCUT2D eigenvalue weighted by atomic mass is 10.0. The zero-order chi connectivity index (χ0) is 31.0. The van der Waals surface area contributed by atoms with Gasteiger partial charge in [0, 0.05) is 28.5 Å². The molecule has 0 aliphatic carbocycles. The predicted molar refractivity (Wildman–Crippen MR) is 174 cm³/mol. The molecule has 0 fully saturated rings. The topological polar surface area (TPSA) is 86.8 Å². The summed E-state index contributed by atoms with van der Waals surface area (Å²) in [7, 11) is -4.18. The highest BCUT2D eigenvalue weighted by Crippen LogP contribution is 2.27. The minimum atomic E-state index is -4.18. The summed E-state index contributed by atoms with van der Waals surface area (Å²) in [4.78, 5) is 29.6. The summed E-state index contributed by atoms with van der Waals surface area (Å²) in [5, 5.41) is 3.27. The lowest BCUT2D eigenvalue weighted by molar-refractivity contribution is -0.140. The molecular weight excluding hydrogens is 650 g/mol. The maximum Gasteiger partial charge on any atom is 0.264 e. The van der Waals surface area contributed by atoms with E-state index in [2.05, 4.69) is 21.2 Å². The van der Waals surface area contributed by atoms with Gasteiger partial charge < -0.3 is 10.2 Å². The van der Waals surface area contributed by atoms with Gasteiger partial charge in [-0.05, 0) is 67.4 Å². The molecule has 4 aromatic rings. The second-order valence-corrected chi connectivity index (χ2v) is 13.5. The van der Waals surface area contributed by atoms with E-state index < -0.39 is 28.5 Å². The zero-order valence-electron chi connectivity index (χ0n) is 23.9. The van der Waals surface area contributed by atoms with Crippen LogP contribution in [0.25, 0.3) is 0 Å². The molecule has 224 valence electrons. The molecule has 0 aromatic heterocycles. The van der Waals surface area contributed by atoms with E-state index in [4.69, 9.17) is 11.6 Å². The molecular formula is C33H33BrClN3O4S. The van der Waals surface area contributed by atoms with E-state index in [9.17, 15) is 18.0 Å². The molecule has 1 atom stereocenters. The third-order valence-electron chi connectivity index (χ3n) is 6.67. The van der Waals surface area contributed by atoms with Gasteiger partial charge in [-0.3, -0.25) is 13.9 Å². The minimum Gasteiger partial charge on any atom is -0.352 e. The van der Waals surface area contributed by atoms with Gasteiger partial charge >= 0.3 is 0 Å². The Labute approximate surface area is 266 Å². The molecule has 0 bridgehead atoms. The molecule has 0 saturated carbocycles. The van der Waals surface area contributed by atoms with Crippen LogP contribution in [0, 0.1) is 0 Å². The Kier molecular flexibility index (Phi) is 11.0. The summed E-state index contributed by atoms with van der Waals surface area (Å²) < 4.78 is 29.8. The van der Waals surface area contributed by atoms with E-state index in [0.717, 1.165) is 19.9 Å². The van der Waals surface area contributed by atoms with Gasteiger partial charge in [0.1, 0.15) is 12.6 Å². The number of rotatable bonds is 12. The van der Waals surface area contributed by atoms with Gasteiger partial charge in [-0.2, -0.15) is 0 Å². The molecule has 10 heteroatoms. The maximum absolute atomic E-state index is 14.4. The Bertz CT molecular complexity index is 1640. The number of halogens is 2. The molecule has 0 aliphatic rings. The van der Waals surface area contributed by atoms with Gasteiger partial charge in [0.15, 0.2) is 0 Å². The maximum atomic E-state index is 14.4. The summed E-state index contributed by atoms with van der Waals surface area (Å²) in [5.74, 6) is -0.869. The molecule has 0 radical (unpaired) electrons. The highest BCUT2D eigenvalue weighted by atomic mass is 79.9. The second-order valence-electron chi connectivity index (χ2n) is 10.3. The van der Waals surface area contributed by atoms with Crippen LogP contribution in [0.1, 0.15) is 25.0 Å². The fourth-order valence-electron chi connectivity index (χ4n) is 4.60. The molecule has 0 spiro atoms. The van der Waals surface area contributed by atoms with Gasteiger partial charge in [0.05, 0.1) is 10.6 Å². The molecule has 0 unspecified atom stereocenters. The van der Waals surface area contributed by atoms with E-state index in [1.54, 1.807) is 36.4 Å². The van der Waals surface area contributed by atoms with Crippen molar-refractivity contribution in [3.8, 4) is 0 Å². The van der Waals surface area contributed by atoms with E-state index in [1.165, 1.54) is 23.1 Å². The average Bonchev–Trinajstić information content (AvgIpc) is 2.99. The first-order valence-electron chi connectivity index (χ1n) is 13.8. The van der Waals surface area contributed by atoms with Gasteiger partial charge in [-0.15, -0.1) is 0 Å². The average molecular weight is 683 g/mol. The number of nitrogens with zero attached hydrogens (tertiary/aromatic N) is 2. The van der Waals surface area contributed by atoms with Crippen LogP contribution in [0.3, 0.4) is 0 Å². The summed E-state index contributed by atoms with van der Waals surface area (Å²) >= 11 is 9.71. The summed E-state index contributed by atoms with van der Waals surface area (Å²) in [5.41, 5.74) is 1.88. The molecule has 43 heavy (non-hydrogen) atoms. The Morgan fingerprint density at radius 2 is 1.47 bits per heavy atom. The monoisotopic (exact) mass is 681 g/mol. The van der Waals surface area contributed by atoms with Crippen LogP contribution in [0.15, 0.2) is 119 Å². The fourth-order valence-corrected chi connectivity index (χ4v) is 6.48. The molecule has 0 aliphatic heterocycles.